The molecule has 3 aromatic rings. The number of ether oxygens (including phenoxy) is 2. The number of halogens is 3. The molecular formula is C25H18BrClFN3O5. The van der Waals surface area contributed by atoms with Gasteiger partial charge in [0.2, 0.25) is 0 Å². The molecule has 1 saturated heterocycles. The zero-order valence-corrected chi connectivity index (χ0v) is 21.0. The first-order valence-corrected chi connectivity index (χ1v) is 11.6. The summed E-state index contributed by atoms with van der Waals surface area (Å²) in [4.78, 5) is 37.7. The number of nitrogens with zero attached hydrogens (tertiary/aromatic N) is 1. The monoisotopic (exact) mass is 573 g/mol. The van der Waals surface area contributed by atoms with Crippen LogP contribution >= 0.6 is 27.5 Å². The molecule has 0 radical (unpaired) electrons. The first-order chi connectivity index (χ1) is 17.3. The third-order valence-corrected chi connectivity index (χ3v) is 6.52. The van der Waals surface area contributed by atoms with Crippen molar-refractivity contribution in [3.8, 4) is 11.5 Å². The van der Waals surface area contributed by atoms with Crippen LogP contribution in [-0.2, 0) is 14.4 Å². The lowest BCUT2D eigenvalue weighted by Crippen LogP contribution is -2.35. The van der Waals surface area contributed by atoms with Gasteiger partial charge in [-0.3, -0.25) is 19.8 Å². The highest BCUT2D eigenvalue weighted by Gasteiger charge is 2.34. The molecule has 3 aromatic carbocycles. The molecule has 0 bridgehead atoms. The Labute approximate surface area is 218 Å². The molecule has 0 unspecified atom stereocenters. The van der Waals surface area contributed by atoms with Crippen molar-refractivity contribution in [1.29, 1.82) is 0 Å². The summed E-state index contributed by atoms with van der Waals surface area (Å²) in [5.74, 6) is -2.13. The lowest BCUT2D eigenvalue weighted by atomic mass is 10.1. The molecule has 1 fully saturated rings. The number of methoxy groups -OCH3 is 1. The molecule has 3 amide bonds. The van der Waals surface area contributed by atoms with Crippen molar-refractivity contribution in [2.24, 2.45) is 0 Å². The molecule has 8 nitrogen and oxygen atoms in total. The average molecular weight is 575 g/mol. The van der Waals surface area contributed by atoms with Crippen LogP contribution in [0.3, 0.4) is 0 Å². The van der Waals surface area contributed by atoms with Crippen molar-refractivity contribution in [2.75, 3.05) is 24.0 Å². The van der Waals surface area contributed by atoms with Crippen molar-refractivity contribution >= 4 is 62.7 Å². The minimum Gasteiger partial charge on any atom is -0.493 e. The number of para-hydroxylation sites is 2. The molecule has 0 aromatic heterocycles. The molecule has 184 valence electrons. The number of anilines is 2. The van der Waals surface area contributed by atoms with Crippen LogP contribution in [0.5, 0.6) is 11.5 Å². The maximum absolute atomic E-state index is 13.8. The Morgan fingerprint density at radius 2 is 1.86 bits per heavy atom. The van der Waals surface area contributed by atoms with Gasteiger partial charge in [-0.25, -0.2) is 9.40 Å². The topological polar surface area (TPSA) is 97.0 Å². The predicted molar refractivity (Wildman–Crippen MR) is 136 cm³/mol. The van der Waals surface area contributed by atoms with Gasteiger partial charge in [0.25, 0.3) is 17.7 Å². The number of carbonyl (C=O) groups excluding carboxylic acids is 3. The summed E-state index contributed by atoms with van der Waals surface area (Å²) in [5.41, 5.74) is 3.29. The summed E-state index contributed by atoms with van der Waals surface area (Å²) < 4.78 is 25.0. The van der Waals surface area contributed by atoms with Crippen LogP contribution in [0.4, 0.5) is 15.8 Å². The molecule has 1 aliphatic rings. The molecule has 4 rings (SSSR count). The molecular weight excluding hydrogens is 557 g/mol. The van der Waals surface area contributed by atoms with Crippen molar-refractivity contribution in [2.45, 2.75) is 0 Å². The Balaban J connectivity index is 1.56. The summed E-state index contributed by atoms with van der Waals surface area (Å²) >= 11 is 9.82. The lowest BCUT2D eigenvalue weighted by Gasteiger charge is -2.15. The average Bonchev–Trinajstić information content (AvgIpc) is 3.16. The highest BCUT2D eigenvalue weighted by molar-refractivity contribution is 9.10. The van der Waals surface area contributed by atoms with Crippen molar-refractivity contribution in [3.63, 3.8) is 0 Å². The van der Waals surface area contributed by atoms with Gasteiger partial charge in [0, 0.05) is 4.47 Å². The van der Waals surface area contributed by atoms with Gasteiger partial charge in [0.15, 0.2) is 18.1 Å². The van der Waals surface area contributed by atoms with Crippen LogP contribution in [0.15, 0.2) is 70.7 Å². The van der Waals surface area contributed by atoms with Gasteiger partial charge in [0.05, 0.1) is 18.5 Å². The van der Waals surface area contributed by atoms with Gasteiger partial charge in [-0.15, -0.1) is 0 Å². The van der Waals surface area contributed by atoms with E-state index >= 15 is 0 Å². The molecule has 36 heavy (non-hydrogen) atoms. The van der Waals surface area contributed by atoms with Crippen LogP contribution in [0.2, 0.25) is 5.02 Å². The fourth-order valence-corrected chi connectivity index (χ4v) is 4.02. The number of hydrazine groups is 1. The maximum atomic E-state index is 13.8. The summed E-state index contributed by atoms with van der Waals surface area (Å²) in [6.45, 7) is -0.482. The summed E-state index contributed by atoms with van der Waals surface area (Å²) in [5, 5.41) is 3.60. The molecule has 11 heteroatoms. The van der Waals surface area contributed by atoms with Crippen molar-refractivity contribution in [3.05, 3.63) is 87.1 Å². The van der Waals surface area contributed by atoms with E-state index in [1.54, 1.807) is 36.4 Å². The minimum atomic E-state index is -0.616. The second-order valence-electron chi connectivity index (χ2n) is 7.42. The highest BCUT2D eigenvalue weighted by Crippen LogP contribution is 2.43. The molecule has 0 aliphatic carbocycles. The number of benzene rings is 3. The number of carbonyl (C=O) groups is 3. The number of nitrogens with one attached hydrogen (secondary N) is 2. The van der Waals surface area contributed by atoms with Gasteiger partial charge >= 0.3 is 0 Å². The van der Waals surface area contributed by atoms with E-state index in [9.17, 15) is 18.8 Å². The molecule has 1 heterocycles. The third-order valence-electron chi connectivity index (χ3n) is 5.08. The number of hydrogen-bond donors (Lipinski definition) is 2. The normalized spacial score (nSPS) is 14.1. The van der Waals surface area contributed by atoms with E-state index in [1.165, 1.54) is 37.5 Å². The number of hydrogen-bond acceptors (Lipinski definition) is 5. The Morgan fingerprint density at radius 3 is 2.56 bits per heavy atom. The van der Waals surface area contributed by atoms with E-state index in [0.29, 0.717) is 15.7 Å². The van der Waals surface area contributed by atoms with Gasteiger partial charge in [0.1, 0.15) is 16.4 Å². The molecule has 1 aliphatic heterocycles. The van der Waals surface area contributed by atoms with E-state index in [1.807, 2.05) is 0 Å². The van der Waals surface area contributed by atoms with Gasteiger partial charge in [-0.2, -0.15) is 0 Å². The molecule has 0 saturated carbocycles. The van der Waals surface area contributed by atoms with Crippen molar-refractivity contribution in [1.82, 2.24) is 5.43 Å². The van der Waals surface area contributed by atoms with Crippen LogP contribution in [0.25, 0.3) is 6.08 Å². The van der Waals surface area contributed by atoms with Crippen LogP contribution in [-0.4, -0.2) is 31.4 Å². The lowest BCUT2D eigenvalue weighted by molar-refractivity contribution is -0.118. The zero-order chi connectivity index (χ0) is 25.8. The van der Waals surface area contributed by atoms with E-state index in [2.05, 4.69) is 26.7 Å². The van der Waals surface area contributed by atoms with E-state index in [0.717, 1.165) is 5.01 Å². The zero-order valence-electron chi connectivity index (χ0n) is 18.7. The molecule has 2 N–H and O–H groups in total. The molecule has 0 spiro atoms. The largest absolute Gasteiger partial charge is 0.493 e. The quantitative estimate of drug-likeness (QED) is 0.314. The second kappa shape index (κ2) is 10.8. The van der Waals surface area contributed by atoms with Crippen LogP contribution < -0.4 is 25.2 Å². The van der Waals surface area contributed by atoms with E-state index in [4.69, 9.17) is 21.1 Å². The summed E-state index contributed by atoms with van der Waals surface area (Å²) in [6, 6.07) is 15.9. The molecule has 0 atom stereocenters. The van der Waals surface area contributed by atoms with E-state index < -0.39 is 30.1 Å². The standard InChI is InChI=1S/C25H18BrClFN3O5/c1-35-19-12-14(11-16-24(33)30-31(25(16)34)15-7-3-2-4-8-15)21(26)22(27)23(19)36-13-20(32)29-18-10-6-5-9-17(18)28/h2-12H,13H2,1H3,(H,29,32)(H,30,33)/b16-11-. The SMILES string of the molecule is COc1cc(/C=C2/C(=O)NN(c3ccccc3)C2=O)c(Br)c(Cl)c1OCC(=O)Nc1ccccc1F. The summed E-state index contributed by atoms with van der Waals surface area (Å²) in [6.07, 6.45) is 1.37. The smallest absolute Gasteiger partial charge is 0.282 e. The van der Waals surface area contributed by atoms with Crippen LogP contribution in [0, 0.1) is 5.82 Å². The Kier molecular flexibility index (Phi) is 7.56. The van der Waals surface area contributed by atoms with Gasteiger partial charge < -0.3 is 14.8 Å². The fourth-order valence-electron chi connectivity index (χ4n) is 3.35. The first-order valence-electron chi connectivity index (χ1n) is 10.5. The minimum absolute atomic E-state index is 0.0105. The Morgan fingerprint density at radius 1 is 1.17 bits per heavy atom. The Bertz CT molecular complexity index is 1380. The van der Waals surface area contributed by atoms with Gasteiger partial charge in [-0.1, -0.05) is 41.9 Å². The van der Waals surface area contributed by atoms with Crippen molar-refractivity contribution < 1.29 is 28.2 Å². The third kappa shape index (κ3) is 5.19. The Hall–Kier alpha value is -3.89. The predicted octanol–water partition coefficient (Wildman–Crippen LogP) is 4.73. The van der Waals surface area contributed by atoms with Gasteiger partial charge in [-0.05, 0) is 57.9 Å². The van der Waals surface area contributed by atoms with E-state index in [-0.39, 0.29) is 27.8 Å². The highest BCUT2D eigenvalue weighted by atomic mass is 79.9. The maximum Gasteiger partial charge on any atom is 0.282 e. The summed E-state index contributed by atoms with van der Waals surface area (Å²) in [7, 11) is 1.37. The van der Waals surface area contributed by atoms with Crippen LogP contribution in [0.1, 0.15) is 5.56 Å². The second-order valence-corrected chi connectivity index (χ2v) is 8.59. The number of amides is 3. The first kappa shape index (κ1) is 25.2. The number of rotatable bonds is 7. The fraction of sp³-hybridized carbons (Fsp3) is 0.0800.